The first-order valence-electron chi connectivity index (χ1n) is 7.68. The summed E-state index contributed by atoms with van der Waals surface area (Å²) in [4.78, 5) is 2.57. The highest BCUT2D eigenvalue weighted by atomic mass is 16.5. The van der Waals surface area contributed by atoms with Crippen LogP contribution in [0.15, 0.2) is 18.2 Å². The topological polar surface area (TPSA) is 38.5 Å². The molecule has 0 aliphatic heterocycles. The van der Waals surface area contributed by atoms with Crippen molar-refractivity contribution in [2.24, 2.45) is 5.92 Å². The molecule has 2 N–H and O–H groups in total. The summed E-state index contributed by atoms with van der Waals surface area (Å²) in [5, 5.41) is 0. The predicted molar refractivity (Wildman–Crippen MR) is 87.0 cm³/mol. The highest BCUT2D eigenvalue weighted by Crippen LogP contribution is 2.25. The van der Waals surface area contributed by atoms with Gasteiger partial charge in [-0.1, -0.05) is 33.8 Å². The lowest BCUT2D eigenvalue weighted by Crippen LogP contribution is -2.36. The molecule has 20 heavy (non-hydrogen) atoms. The second-order valence-corrected chi connectivity index (χ2v) is 5.86. The van der Waals surface area contributed by atoms with E-state index in [2.05, 4.69) is 38.7 Å². The molecule has 0 radical (unpaired) electrons. The number of rotatable bonds is 8. The zero-order valence-corrected chi connectivity index (χ0v) is 13.6. The molecule has 114 valence electrons. The van der Waals surface area contributed by atoms with Gasteiger partial charge in [0, 0.05) is 36.4 Å². The van der Waals surface area contributed by atoms with E-state index in [4.69, 9.17) is 10.5 Å². The third-order valence-corrected chi connectivity index (χ3v) is 3.74. The van der Waals surface area contributed by atoms with Crippen molar-refractivity contribution >= 4 is 5.69 Å². The highest BCUT2D eigenvalue weighted by molar-refractivity contribution is 5.48. The van der Waals surface area contributed by atoms with E-state index in [-0.39, 0.29) is 0 Å². The highest BCUT2D eigenvalue weighted by Gasteiger charge is 2.18. The van der Waals surface area contributed by atoms with Crippen LogP contribution in [0.5, 0.6) is 5.75 Å². The lowest BCUT2D eigenvalue weighted by atomic mass is 10.1. The van der Waals surface area contributed by atoms with E-state index in [0.717, 1.165) is 24.5 Å². The second kappa shape index (κ2) is 8.15. The first kappa shape index (κ1) is 16.8. The molecule has 0 amide bonds. The summed E-state index contributed by atoms with van der Waals surface area (Å²) < 4.78 is 5.47. The molecule has 0 aromatic heterocycles. The van der Waals surface area contributed by atoms with Crippen LogP contribution in [0, 0.1) is 5.92 Å². The van der Waals surface area contributed by atoms with Gasteiger partial charge in [0.2, 0.25) is 0 Å². The Kier molecular flexibility index (Phi) is 6.86. The zero-order chi connectivity index (χ0) is 15.1. The Morgan fingerprint density at radius 2 is 1.85 bits per heavy atom. The van der Waals surface area contributed by atoms with Gasteiger partial charge in [0.05, 0.1) is 7.11 Å². The van der Waals surface area contributed by atoms with Crippen LogP contribution in [0.1, 0.15) is 46.1 Å². The first-order chi connectivity index (χ1) is 9.51. The summed E-state index contributed by atoms with van der Waals surface area (Å²) >= 11 is 0. The van der Waals surface area contributed by atoms with Crippen LogP contribution in [0.25, 0.3) is 0 Å². The molecule has 0 heterocycles. The predicted octanol–water partition coefficient (Wildman–Crippen LogP) is 3.92. The van der Waals surface area contributed by atoms with E-state index in [1.807, 2.05) is 12.1 Å². The Morgan fingerprint density at radius 3 is 2.35 bits per heavy atom. The van der Waals surface area contributed by atoms with Crippen LogP contribution in [0.3, 0.4) is 0 Å². The number of nitrogens with zero attached hydrogens (tertiary/aromatic N) is 1. The fraction of sp³-hybridized carbons (Fsp3) is 0.647. The van der Waals surface area contributed by atoms with Crippen molar-refractivity contribution < 1.29 is 4.74 Å². The Morgan fingerprint density at radius 1 is 1.20 bits per heavy atom. The van der Waals surface area contributed by atoms with Gasteiger partial charge in [-0.15, -0.1) is 0 Å². The van der Waals surface area contributed by atoms with Crippen LogP contribution in [-0.2, 0) is 6.54 Å². The standard InChI is InChI=1S/C17H30N2O/c1-6-16(7-2)19(11-13(3)4)12-14-8-9-15(18)10-17(14)20-5/h8-10,13,16H,6-7,11-12,18H2,1-5H3. The minimum atomic E-state index is 0.625. The van der Waals surface area contributed by atoms with Gasteiger partial charge < -0.3 is 10.5 Å². The molecule has 1 rings (SSSR count). The monoisotopic (exact) mass is 278 g/mol. The van der Waals surface area contributed by atoms with E-state index >= 15 is 0 Å². The van der Waals surface area contributed by atoms with Crippen LogP contribution in [0.4, 0.5) is 5.69 Å². The molecule has 0 fully saturated rings. The molecule has 0 bridgehead atoms. The summed E-state index contributed by atoms with van der Waals surface area (Å²) in [6.07, 6.45) is 2.36. The Bertz CT molecular complexity index is 400. The maximum absolute atomic E-state index is 5.83. The molecule has 0 saturated heterocycles. The van der Waals surface area contributed by atoms with Crippen molar-refractivity contribution in [3.8, 4) is 5.75 Å². The molecule has 3 nitrogen and oxygen atoms in total. The van der Waals surface area contributed by atoms with E-state index in [9.17, 15) is 0 Å². The van der Waals surface area contributed by atoms with Crippen molar-refractivity contribution in [1.29, 1.82) is 0 Å². The smallest absolute Gasteiger partial charge is 0.125 e. The van der Waals surface area contributed by atoms with Crippen LogP contribution in [-0.4, -0.2) is 24.6 Å². The number of hydrogen-bond donors (Lipinski definition) is 1. The van der Waals surface area contributed by atoms with Crippen molar-refractivity contribution in [3.63, 3.8) is 0 Å². The molecule has 0 aliphatic carbocycles. The van der Waals surface area contributed by atoms with E-state index in [1.165, 1.54) is 18.4 Å². The van der Waals surface area contributed by atoms with Gasteiger partial charge in [-0.25, -0.2) is 0 Å². The van der Waals surface area contributed by atoms with Gasteiger partial charge in [0.25, 0.3) is 0 Å². The molecule has 0 saturated carbocycles. The lowest BCUT2D eigenvalue weighted by molar-refractivity contribution is 0.156. The van der Waals surface area contributed by atoms with E-state index in [1.54, 1.807) is 7.11 Å². The van der Waals surface area contributed by atoms with Crippen LogP contribution >= 0.6 is 0 Å². The fourth-order valence-corrected chi connectivity index (χ4v) is 2.73. The van der Waals surface area contributed by atoms with Gasteiger partial charge >= 0.3 is 0 Å². The Labute approximate surface area is 124 Å². The molecule has 1 aromatic rings. The van der Waals surface area contributed by atoms with Crippen LogP contribution < -0.4 is 10.5 Å². The number of ether oxygens (including phenoxy) is 1. The van der Waals surface area contributed by atoms with Gasteiger partial charge in [0.1, 0.15) is 5.75 Å². The average molecular weight is 278 g/mol. The van der Waals surface area contributed by atoms with E-state index < -0.39 is 0 Å². The minimum absolute atomic E-state index is 0.625. The summed E-state index contributed by atoms with van der Waals surface area (Å²) in [7, 11) is 1.71. The maximum Gasteiger partial charge on any atom is 0.125 e. The summed E-state index contributed by atoms with van der Waals surface area (Å²) in [5.74, 6) is 1.56. The number of methoxy groups -OCH3 is 1. The maximum atomic E-state index is 5.83. The van der Waals surface area contributed by atoms with Gasteiger partial charge in [-0.3, -0.25) is 4.90 Å². The molecular formula is C17H30N2O. The number of nitrogens with two attached hydrogens (primary N) is 1. The third-order valence-electron chi connectivity index (χ3n) is 3.74. The summed E-state index contributed by atoms with van der Waals surface area (Å²) in [6.45, 7) is 11.1. The number of hydrogen-bond acceptors (Lipinski definition) is 3. The first-order valence-corrected chi connectivity index (χ1v) is 7.68. The molecule has 0 spiro atoms. The Hall–Kier alpha value is -1.22. The number of benzene rings is 1. The van der Waals surface area contributed by atoms with Crippen molar-refractivity contribution in [1.82, 2.24) is 4.90 Å². The van der Waals surface area contributed by atoms with Crippen LogP contribution in [0.2, 0.25) is 0 Å². The second-order valence-electron chi connectivity index (χ2n) is 5.86. The Balaban J connectivity index is 2.93. The van der Waals surface area contributed by atoms with Gasteiger partial charge in [-0.05, 0) is 24.8 Å². The lowest BCUT2D eigenvalue weighted by Gasteiger charge is -2.32. The van der Waals surface area contributed by atoms with Crippen molar-refractivity contribution in [2.45, 2.75) is 53.1 Å². The number of nitrogen functional groups attached to an aromatic ring is 1. The normalized spacial score (nSPS) is 11.6. The quantitative estimate of drug-likeness (QED) is 0.732. The molecule has 3 heteroatoms. The minimum Gasteiger partial charge on any atom is -0.496 e. The number of anilines is 1. The SMILES string of the molecule is CCC(CC)N(Cc1ccc(N)cc1OC)CC(C)C. The fourth-order valence-electron chi connectivity index (χ4n) is 2.73. The molecule has 1 aromatic carbocycles. The molecule has 0 unspecified atom stereocenters. The summed E-state index contributed by atoms with van der Waals surface area (Å²) in [5.41, 5.74) is 7.80. The largest absolute Gasteiger partial charge is 0.496 e. The molecular weight excluding hydrogens is 248 g/mol. The van der Waals surface area contributed by atoms with Gasteiger partial charge in [0.15, 0.2) is 0 Å². The van der Waals surface area contributed by atoms with Crippen molar-refractivity contribution in [2.75, 3.05) is 19.4 Å². The van der Waals surface area contributed by atoms with Crippen molar-refractivity contribution in [3.05, 3.63) is 23.8 Å². The van der Waals surface area contributed by atoms with E-state index in [0.29, 0.717) is 12.0 Å². The molecule has 0 atom stereocenters. The average Bonchev–Trinajstić information content (AvgIpc) is 2.41. The summed E-state index contributed by atoms with van der Waals surface area (Å²) in [6, 6.07) is 6.58. The third kappa shape index (κ3) is 4.71. The zero-order valence-electron chi connectivity index (χ0n) is 13.6. The van der Waals surface area contributed by atoms with Gasteiger partial charge in [-0.2, -0.15) is 0 Å². The molecule has 0 aliphatic rings.